The van der Waals surface area contributed by atoms with Crippen LogP contribution in [0.3, 0.4) is 0 Å². The summed E-state index contributed by atoms with van der Waals surface area (Å²) >= 11 is 0. The summed E-state index contributed by atoms with van der Waals surface area (Å²) in [5.74, 6) is 0.849. The predicted molar refractivity (Wildman–Crippen MR) is 76.1 cm³/mol. The summed E-state index contributed by atoms with van der Waals surface area (Å²) in [5, 5.41) is 8.65. The van der Waals surface area contributed by atoms with Gasteiger partial charge < -0.3 is 14.8 Å². The minimum absolute atomic E-state index is 0.451. The van der Waals surface area contributed by atoms with E-state index in [-0.39, 0.29) is 0 Å². The molecule has 0 atom stereocenters. The molecule has 0 aliphatic heterocycles. The number of nitrogens with zero attached hydrogens (tertiary/aromatic N) is 1. The van der Waals surface area contributed by atoms with Gasteiger partial charge in [-0.05, 0) is 42.0 Å². The largest absolute Gasteiger partial charge is 0.497 e. The zero-order chi connectivity index (χ0) is 13.7. The first kappa shape index (κ1) is 13.4. The first-order valence-electron chi connectivity index (χ1n) is 6.08. The smallest absolute Gasteiger partial charge is 0.119 e. The van der Waals surface area contributed by atoms with Gasteiger partial charge in [0.15, 0.2) is 0 Å². The second-order valence-electron chi connectivity index (χ2n) is 4.26. The molecular weight excluding hydrogens is 240 g/mol. The maximum absolute atomic E-state index is 8.65. The SMILES string of the molecule is COc1ccc(N(C)c2ccc(CNO)cc2)cc1. The van der Waals surface area contributed by atoms with E-state index in [1.54, 1.807) is 7.11 Å². The van der Waals surface area contributed by atoms with Gasteiger partial charge in [-0.25, -0.2) is 5.48 Å². The van der Waals surface area contributed by atoms with E-state index < -0.39 is 0 Å². The molecule has 0 aliphatic carbocycles. The molecule has 0 amide bonds. The lowest BCUT2D eigenvalue weighted by Crippen LogP contribution is -2.10. The quantitative estimate of drug-likeness (QED) is 0.809. The summed E-state index contributed by atoms with van der Waals surface area (Å²) < 4.78 is 5.15. The molecule has 0 saturated heterocycles. The van der Waals surface area contributed by atoms with Crippen molar-refractivity contribution in [3.63, 3.8) is 0 Å². The van der Waals surface area contributed by atoms with Crippen LogP contribution in [0.1, 0.15) is 5.56 Å². The molecule has 0 heterocycles. The molecule has 2 aromatic rings. The molecule has 0 spiro atoms. The van der Waals surface area contributed by atoms with Crippen molar-refractivity contribution in [1.29, 1.82) is 0 Å². The highest BCUT2D eigenvalue weighted by molar-refractivity contribution is 5.63. The lowest BCUT2D eigenvalue weighted by Gasteiger charge is -2.20. The Bertz CT molecular complexity index is 509. The van der Waals surface area contributed by atoms with Crippen LogP contribution >= 0.6 is 0 Å². The number of nitrogens with one attached hydrogen (secondary N) is 1. The second kappa shape index (κ2) is 6.22. The molecule has 2 N–H and O–H groups in total. The normalized spacial score (nSPS) is 10.3. The van der Waals surface area contributed by atoms with Crippen LogP contribution in [-0.4, -0.2) is 19.4 Å². The van der Waals surface area contributed by atoms with E-state index >= 15 is 0 Å². The Kier molecular flexibility index (Phi) is 4.39. The minimum Gasteiger partial charge on any atom is -0.497 e. The average molecular weight is 258 g/mol. The molecule has 0 unspecified atom stereocenters. The second-order valence-corrected chi connectivity index (χ2v) is 4.26. The maximum atomic E-state index is 8.65. The number of rotatable bonds is 5. The van der Waals surface area contributed by atoms with Crippen molar-refractivity contribution in [2.45, 2.75) is 6.54 Å². The van der Waals surface area contributed by atoms with Crippen LogP contribution < -0.4 is 15.1 Å². The molecule has 100 valence electrons. The summed E-state index contributed by atoms with van der Waals surface area (Å²) in [5.41, 5.74) is 5.37. The standard InChI is InChI=1S/C15H18N2O2/c1-17(14-7-9-15(19-2)10-8-14)13-5-3-12(4-6-13)11-16-18/h3-10,16,18H,11H2,1-2H3. The van der Waals surface area contributed by atoms with E-state index in [0.29, 0.717) is 6.54 Å². The number of hydrogen-bond donors (Lipinski definition) is 2. The highest BCUT2D eigenvalue weighted by atomic mass is 16.5. The van der Waals surface area contributed by atoms with Crippen LogP contribution in [0.4, 0.5) is 11.4 Å². The van der Waals surface area contributed by atoms with Crippen molar-refractivity contribution in [1.82, 2.24) is 5.48 Å². The van der Waals surface area contributed by atoms with E-state index in [4.69, 9.17) is 9.94 Å². The lowest BCUT2D eigenvalue weighted by molar-refractivity contribution is 0.161. The number of anilines is 2. The molecule has 0 aliphatic rings. The van der Waals surface area contributed by atoms with Gasteiger partial charge >= 0.3 is 0 Å². The van der Waals surface area contributed by atoms with Gasteiger partial charge in [0.2, 0.25) is 0 Å². The Hall–Kier alpha value is -2.04. The van der Waals surface area contributed by atoms with Crippen molar-refractivity contribution in [3.8, 4) is 5.75 Å². The molecule has 0 radical (unpaired) electrons. The van der Waals surface area contributed by atoms with Crippen molar-refractivity contribution < 1.29 is 9.94 Å². The van der Waals surface area contributed by atoms with Gasteiger partial charge in [0, 0.05) is 25.0 Å². The molecule has 19 heavy (non-hydrogen) atoms. The van der Waals surface area contributed by atoms with Gasteiger partial charge in [-0.1, -0.05) is 12.1 Å². The first-order valence-corrected chi connectivity index (χ1v) is 6.08. The third-order valence-electron chi connectivity index (χ3n) is 3.07. The number of hydroxylamine groups is 1. The monoisotopic (exact) mass is 258 g/mol. The van der Waals surface area contributed by atoms with Gasteiger partial charge in [0.1, 0.15) is 5.75 Å². The molecule has 2 rings (SSSR count). The van der Waals surface area contributed by atoms with Crippen LogP contribution in [-0.2, 0) is 6.54 Å². The van der Waals surface area contributed by atoms with Crippen LogP contribution in [0.15, 0.2) is 48.5 Å². The summed E-state index contributed by atoms with van der Waals surface area (Å²) in [6, 6.07) is 15.9. The molecule has 0 fully saturated rings. The van der Waals surface area contributed by atoms with Gasteiger partial charge in [0.05, 0.1) is 7.11 Å². The van der Waals surface area contributed by atoms with E-state index in [1.807, 2.05) is 55.6 Å². The summed E-state index contributed by atoms with van der Waals surface area (Å²) in [6.07, 6.45) is 0. The number of hydrogen-bond acceptors (Lipinski definition) is 4. The number of ether oxygens (including phenoxy) is 1. The van der Waals surface area contributed by atoms with Crippen LogP contribution in [0, 0.1) is 0 Å². The molecule has 4 heteroatoms. The predicted octanol–water partition coefficient (Wildman–Crippen LogP) is 2.94. The van der Waals surface area contributed by atoms with Crippen LogP contribution in [0.2, 0.25) is 0 Å². The Morgan fingerprint density at radius 1 is 1.00 bits per heavy atom. The van der Waals surface area contributed by atoms with Crippen LogP contribution in [0.5, 0.6) is 5.75 Å². The third kappa shape index (κ3) is 3.24. The molecule has 2 aromatic carbocycles. The highest BCUT2D eigenvalue weighted by Crippen LogP contribution is 2.25. The van der Waals surface area contributed by atoms with E-state index in [0.717, 1.165) is 22.7 Å². The summed E-state index contributed by atoms with van der Waals surface area (Å²) in [7, 11) is 3.67. The minimum atomic E-state index is 0.451. The Morgan fingerprint density at radius 3 is 2.00 bits per heavy atom. The fourth-order valence-electron chi connectivity index (χ4n) is 1.88. The molecule has 0 aromatic heterocycles. The van der Waals surface area contributed by atoms with E-state index in [2.05, 4.69) is 10.4 Å². The fourth-order valence-corrected chi connectivity index (χ4v) is 1.88. The van der Waals surface area contributed by atoms with Crippen molar-refractivity contribution in [3.05, 3.63) is 54.1 Å². The van der Waals surface area contributed by atoms with Crippen molar-refractivity contribution in [2.75, 3.05) is 19.1 Å². The topological polar surface area (TPSA) is 44.7 Å². The molecule has 0 saturated carbocycles. The number of methoxy groups -OCH3 is 1. The molecule has 0 bridgehead atoms. The Labute approximate surface area is 113 Å². The van der Waals surface area contributed by atoms with Gasteiger partial charge in [-0.15, -0.1) is 0 Å². The van der Waals surface area contributed by atoms with E-state index in [1.165, 1.54) is 0 Å². The van der Waals surface area contributed by atoms with Crippen molar-refractivity contribution in [2.24, 2.45) is 0 Å². The zero-order valence-electron chi connectivity index (χ0n) is 11.1. The van der Waals surface area contributed by atoms with Gasteiger partial charge in [-0.2, -0.15) is 0 Å². The lowest BCUT2D eigenvalue weighted by atomic mass is 10.2. The zero-order valence-corrected chi connectivity index (χ0v) is 11.1. The summed E-state index contributed by atoms with van der Waals surface area (Å²) in [6.45, 7) is 0.451. The molecular formula is C15H18N2O2. The number of benzene rings is 2. The van der Waals surface area contributed by atoms with Crippen molar-refractivity contribution >= 4 is 11.4 Å². The Balaban J connectivity index is 2.15. The Morgan fingerprint density at radius 2 is 1.53 bits per heavy atom. The van der Waals surface area contributed by atoms with Gasteiger partial charge in [0.25, 0.3) is 0 Å². The summed E-state index contributed by atoms with van der Waals surface area (Å²) in [4.78, 5) is 2.09. The fraction of sp³-hybridized carbons (Fsp3) is 0.200. The maximum Gasteiger partial charge on any atom is 0.119 e. The average Bonchev–Trinajstić information content (AvgIpc) is 2.48. The molecule has 4 nitrogen and oxygen atoms in total. The highest BCUT2D eigenvalue weighted by Gasteiger charge is 2.04. The van der Waals surface area contributed by atoms with E-state index in [9.17, 15) is 0 Å². The van der Waals surface area contributed by atoms with Crippen LogP contribution in [0.25, 0.3) is 0 Å². The third-order valence-corrected chi connectivity index (χ3v) is 3.07. The first-order chi connectivity index (χ1) is 9.24. The van der Waals surface area contributed by atoms with Gasteiger partial charge in [-0.3, -0.25) is 0 Å².